The molecule has 3 unspecified atom stereocenters. The van der Waals surface area contributed by atoms with E-state index in [1.165, 1.54) is 0 Å². The maximum absolute atomic E-state index is 13.3. The minimum atomic E-state index is -0.882. The summed E-state index contributed by atoms with van der Waals surface area (Å²) in [4.78, 5) is 39.3. The first kappa shape index (κ1) is 23.8. The van der Waals surface area contributed by atoms with E-state index in [9.17, 15) is 19.5 Å². The number of aliphatic carboxylic acids is 1. The fourth-order valence-electron chi connectivity index (χ4n) is 5.38. The smallest absolute Gasteiger partial charge is 0.407 e. The van der Waals surface area contributed by atoms with E-state index in [1.54, 1.807) is 4.90 Å². The minimum absolute atomic E-state index is 0.0641. The van der Waals surface area contributed by atoms with Crippen LogP contribution >= 0.6 is 0 Å². The molecule has 7 nitrogen and oxygen atoms in total. The van der Waals surface area contributed by atoms with Crippen molar-refractivity contribution in [3.63, 3.8) is 0 Å². The van der Waals surface area contributed by atoms with Crippen molar-refractivity contribution in [1.29, 1.82) is 0 Å². The number of nitrogens with zero attached hydrogens (tertiary/aromatic N) is 1. The summed E-state index contributed by atoms with van der Waals surface area (Å²) in [6.45, 7) is 6.15. The van der Waals surface area contributed by atoms with Crippen LogP contribution in [0.1, 0.15) is 50.7 Å². The summed E-state index contributed by atoms with van der Waals surface area (Å²) in [5.74, 6) is -1.94. The molecule has 2 amide bonds. The summed E-state index contributed by atoms with van der Waals surface area (Å²) in [6.07, 6.45) is 0.337. The number of amides is 2. The van der Waals surface area contributed by atoms with Gasteiger partial charge in [0.05, 0.1) is 5.92 Å². The van der Waals surface area contributed by atoms with Crippen molar-refractivity contribution in [3.8, 4) is 11.1 Å². The second-order valence-electron chi connectivity index (χ2n) is 9.43. The molecule has 3 atom stereocenters. The Morgan fingerprint density at radius 3 is 2.18 bits per heavy atom. The van der Waals surface area contributed by atoms with E-state index in [0.29, 0.717) is 19.4 Å². The fourth-order valence-corrected chi connectivity index (χ4v) is 5.38. The molecule has 34 heavy (non-hydrogen) atoms. The molecule has 0 saturated carbocycles. The predicted molar refractivity (Wildman–Crippen MR) is 128 cm³/mol. The molecule has 7 heteroatoms. The summed E-state index contributed by atoms with van der Waals surface area (Å²) in [5.41, 5.74) is 4.54. The zero-order valence-corrected chi connectivity index (χ0v) is 19.9. The number of hydrogen-bond donors (Lipinski definition) is 2. The van der Waals surface area contributed by atoms with Gasteiger partial charge in [-0.1, -0.05) is 69.3 Å². The van der Waals surface area contributed by atoms with Gasteiger partial charge in [0.1, 0.15) is 12.6 Å². The van der Waals surface area contributed by atoms with E-state index in [2.05, 4.69) is 29.6 Å². The standard InChI is InChI=1S/C27H32N2O5/c1-4-23-21(26(31)32)13-14-29(23)25(30)24(16(2)3)28-27(33)34-15-22-19-11-7-5-9-17(19)18-10-6-8-12-20(18)22/h5-12,16,21-24H,4,13-15H2,1-3H3,(H,28,33)(H,31,32). The average molecular weight is 465 g/mol. The van der Waals surface area contributed by atoms with Crippen LogP contribution in [0.3, 0.4) is 0 Å². The Balaban J connectivity index is 1.43. The number of carbonyl (C=O) groups excluding carboxylic acids is 2. The lowest BCUT2D eigenvalue weighted by Crippen LogP contribution is -2.53. The molecular formula is C27H32N2O5. The SMILES string of the molecule is CCC1C(C(=O)O)CCN1C(=O)C(NC(=O)OCC1c2ccccc2-c2ccccc21)C(C)C. The zero-order valence-electron chi connectivity index (χ0n) is 19.9. The maximum atomic E-state index is 13.3. The molecule has 0 radical (unpaired) electrons. The molecular weight excluding hydrogens is 432 g/mol. The van der Waals surface area contributed by atoms with Crippen LogP contribution in [0.2, 0.25) is 0 Å². The second kappa shape index (κ2) is 9.87. The number of rotatable bonds is 7. The van der Waals surface area contributed by atoms with Crippen LogP contribution in [-0.4, -0.2) is 53.2 Å². The number of nitrogens with one attached hydrogen (secondary N) is 1. The molecule has 1 fully saturated rings. The van der Waals surface area contributed by atoms with E-state index < -0.39 is 24.0 Å². The van der Waals surface area contributed by atoms with Crippen molar-refractivity contribution in [2.45, 2.75) is 51.6 Å². The molecule has 0 spiro atoms. The lowest BCUT2D eigenvalue weighted by molar-refractivity contribution is -0.143. The number of carboxylic acid groups (broad SMARTS) is 1. The zero-order chi connectivity index (χ0) is 24.4. The van der Waals surface area contributed by atoms with E-state index in [4.69, 9.17) is 4.74 Å². The largest absolute Gasteiger partial charge is 0.481 e. The highest BCUT2D eigenvalue weighted by atomic mass is 16.5. The topological polar surface area (TPSA) is 95.9 Å². The number of carboxylic acids is 1. The van der Waals surface area contributed by atoms with Gasteiger partial charge in [-0.2, -0.15) is 0 Å². The third kappa shape index (κ3) is 4.39. The van der Waals surface area contributed by atoms with E-state index >= 15 is 0 Å². The third-order valence-electron chi connectivity index (χ3n) is 7.11. The van der Waals surface area contributed by atoms with Gasteiger partial charge in [0.15, 0.2) is 0 Å². The van der Waals surface area contributed by atoms with Crippen LogP contribution in [0.4, 0.5) is 4.79 Å². The number of benzene rings is 2. The third-order valence-corrected chi connectivity index (χ3v) is 7.11. The van der Waals surface area contributed by atoms with Crippen molar-refractivity contribution in [2.24, 2.45) is 11.8 Å². The molecule has 0 aromatic heterocycles. The Kier molecular flexibility index (Phi) is 6.91. The minimum Gasteiger partial charge on any atom is -0.481 e. The lowest BCUT2D eigenvalue weighted by atomic mass is 9.97. The highest BCUT2D eigenvalue weighted by molar-refractivity contribution is 5.87. The summed E-state index contributed by atoms with van der Waals surface area (Å²) < 4.78 is 5.63. The van der Waals surface area contributed by atoms with Gasteiger partial charge in [0.2, 0.25) is 5.91 Å². The molecule has 1 saturated heterocycles. The molecule has 2 N–H and O–H groups in total. The molecule has 2 aromatic rings. The van der Waals surface area contributed by atoms with Crippen molar-refractivity contribution in [3.05, 3.63) is 59.7 Å². The molecule has 1 aliphatic carbocycles. The van der Waals surface area contributed by atoms with Crippen molar-refractivity contribution in [1.82, 2.24) is 10.2 Å². The van der Waals surface area contributed by atoms with Gasteiger partial charge in [0, 0.05) is 18.5 Å². The molecule has 180 valence electrons. The Hall–Kier alpha value is -3.35. The number of likely N-dealkylation sites (tertiary alicyclic amines) is 1. The summed E-state index contributed by atoms with van der Waals surface area (Å²) >= 11 is 0. The molecule has 1 aliphatic heterocycles. The van der Waals surface area contributed by atoms with Gasteiger partial charge >= 0.3 is 12.1 Å². The van der Waals surface area contributed by atoms with Crippen LogP contribution in [0, 0.1) is 11.8 Å². The van der Waals surface area contributed by atoms with Gasteiger partial charge in [0.25, 0.3) is 0 Å². The number of hydrogen-bond acceptors (Lipinski definition) is 4. The fraction of sp³-hybridized carbons (Fsp3) is 0.444. The first-order valence-electron chi connectivity index (χ1n) is 12.0. The quantitative estimate of drug-likeness (QED) is 0.638. The average Bonchev–Trinajstić information content (AvgIpc) is 3.40. The normalized spacial score (nSPS) is 20.1. The Labute approximate surface area is 200 Å². The Morgan fingerprint density at radius 2 is 1.65 bits per heavy atom. The number of alkyl carbamates (subject to hydrolysis) is 1. The second-order valence-corrected chi connectivity index (χ2v) is 9.43. The van der Waals surface area contributed by atoms with Crippen LogP contribution in [-0.2, 0) is 14.3 Å². The number of ether oxygens (including phenoxy) is 1. The van der Waals surface area contributed by atoms with Crippen molar-refractivity contribution < 1.29 is 24.2 Å². The molecule has 4 rings (SSSR count). The number of carbonyl (C=O) groups is 3. The van der Waals surface area contributed by atoms with Gasteiger partial charge in [-0.25, -0.2) is 4.79 Å². The molecule has 0 bridgehead atoms. The van der Waals surface area contributed by atoms with Gasteiger partial charge in [-0.3, -0.25) is 9.59 Å². The van der Waals surface area contributed by atoms with Gasteiger partial charge in [-0.15, -0.1) is 0 Å². The van der Waals surface area contributed by atoms with Crippen LogP contribution in [0.5, 0.6) is 0 Å². The lowest BCUT2D eigenvalue weighted by Gasteiger charge is -2.31. The Morgan fingerprint density at radius 1 is 1.06 bits per heavy atom. The molecule has 2 aliphatic rings. The van der Waals surface area contributed by atoms with E-state index in [1.807, 2.05) is 45.0 Å². The number of fused-ring (bicyclic) bond motifs is 3. The molecule has 2 aromatic carbocycles. The van der Waals surface area contributed by atoms with Crippen molar-refractivity contribution in [2.75, 3.05) is 13.2 Å². The highest BCUT2D eigenvalue weighted by Gasteiger charge is 2.42. The first-order chi connectivity index (χ1) is 16.3. The predicted octanol–water partition coefficient (Wildman–Crippen LogP) is 4.26. The highest BCUT2D eigenvalue weighted by Crippen LogP contribution is 2.44. The van der Waals surface area contributed by atoms with Crippen LogP contribution < -0.4 is 5.32 Å². The van der Waals surface area contributed by atoms with Crippen LogP contribution in [0.15, 0.2) is 48.5 Å². The maximum Gasteiger partial charge on any atom is 0.407 e. The van der Waals surface area contributed by atoms with E-state index in [0.717, 1.165) is 22.3 Å². The molecule has 1 heterocycles. The van der Waals surface area contributed by atoms with Crippen LogP contribution in [0.25, 0.3) is 11.1 Å². The summed E-state index contributed by atoms with van der Waals surface area (Å²) in [5, 5.41) is 12.2. The summed E-state index contributed by atoms with van der Waals surface area (Å²) in [7, 11) is 0. The van der Waals surface area contributed by atoms with Gasteiger partial charge < -0.3 is 20.1 Å². The van der Waals surface area contributed by atoms with E-state index in [-0.39, 0.29) is 30.4 Å². The first-order valence-corrected chi connectivity index (χ1v) is 12.0. The Bertz CT molecular complexity index is 1040. The summed E-state index contributed by atoms with van der Waals surface area (Å²) in [6, 6.07) is 15.1. The monoisotopic (exact) mass is 464 g/mol. The van der Waals surface area contributed by atoms with Gasteiger partial charge in [-0.05, 0) is 41.0 Å². The van der Waals surface area contributed by atoms with Crippen molar-refractivity contribution >= 4 is 18.0 Å².